The van der Waals surface area contributed by atoms with Crippen LogP contribution in [0.1, 0.15) is 18.4 Å². The summed E-state index contributed by atoms with van der Waals surface area (Å²) in [5.74, 6) is 1.83. The second-order valence-electron chi connectivity index (χ2n) is 5.57. The molecule has 3 saturated heterocycles. The van der Waals surface area contributed by atoms with E-state index in [1.54, 1.807) is 7.11 Å². The molecular weight excluding hydrogens is 224 g/mol. The molecule has 1 unspecified atom stereocenters. The van der Waals surface area contributed by atoms with Gasteiger partial charge in [-0.05, 0) is 62.5 Å². The Morgan fingerprint density at radius 2 is 2.06 bits per heavy atom. The molecule has 0 aliphatic carbocycles. The van der Waals surface area contributed by atoms with Crippen LogP contribution in [0, 0.1) is 12.8 Å². The maximum absolute atomic E-state index is 5.30. The van der Waals surface area contributed by atoms with Crippen molar-refractivity contribution in [3.05, 3.63) is 23.8 Å². The highest BCUT2D eigenvalue weighted by atomic mass is 16.5. The Labute approximate surface area is 109 Å². The predicted octanol–water partition coefficient (Wildman–Crippen LogP) is 2.51. The summed E-state index contributed by atoms with van der Waals surface area (Å²) >= 11 is 0. The molecule has 0 radical (unpaired) electrons. The molecule has 1 aromatic carbocycles. The summed E-state index contributed by atoms with van der Waals surface area (Å²) in [5.41, 5.74) is 2.43. The average molecular weight is 246 g/mol. The van der Waals surface area contributed by atoms with Crippen LogP contribution in [0.5, 0.6) is 5.75 Å². The molecular formula is C15H22N2O. The highest BCUT2D eigenvalue weighted by Crippen LogP contribution is 2.30. The maximum atomic E-state index is 5.30. The van der Waals surface area contributed by atoms with E-state index in [1.165, 1.54) is 43.7 Å². The van der Waals surface area contributed by atoms with Gasteiger partial charge in [0.1, 0.15) is 5.75 Å². The first-order valence-corrected chi connectivity index (χ1v) is 6.90. The summed E-state index contributed by atoms with van der Waals surface area (Å²) in [7, 11) is 1.73. The van der Waals surface area contributed by atoms with Crippen molar-refractivity contribution >= 4 is 5.69 Å². The first-order chi connectivity index (χ1) is 8.76. The van der Waals surface area contributed by atoms with Crippen LogP contribution < -0.4 is 10.1 Å². The normalized spacial score (nSPS) is 30.2. The van der Waals surface area contributed by atoms with E-state index >= 15 is 0 Å². The Kier molecular flexibility index (Phi) is 3.16. The van der Waals surface area contributed by atoms with Gasteiger partial charge in [-0.15, -0.1) is 0 Å². The topological polar surface area (TPSA) is 24.5 Å². The van der Waals surface area contributed by atoms with Gasteiger partial charge in [0.05, 0.1) is 7.11 Å². The maximum Gasteiger partial charge on any atom is 0.121 e. The number of benzene rings is 1. The van der Waals surface area contributed by atoms with Gasteiger partial charge in [0.25, 0.3) is 0 Å². The van der Waals surface area contributed by atoms with Crippen molar-refractivity contribution in [1.29, 1.82) is 0 Å². The summed E-state index contributed by atoms with van der Waals surface area (Å²) in [6.07, 6.45) is 2.71. The number of hydrogen-bond donors (Lipinski definition) is 1. The van der Waals surface area contributed by atoms with Gasteiger partial charge in [0.15, 0.2) is 0 Å². The van der Waals surface area contributed by atoms with Crippen molar-refractivity contribution in [3.63, 3.8) is 0 Å². The van der Waals surface area contributed by atoms with Gasteiger partial charge in [-0.2, -0.15) is 0 Å². The minimum atomic E-state index is 0.625. The zero-order chi connectivity index (χ0) is 12.5. The molecule has 0 spiro atoms. The minimum Gasteiger partial charge on any atom is -0.496 e. The number of hydrogen-bond acceptors (Lipinski definition) is 3. The quantitative estimate of drug-likeness (QED) is 0.887. The van der Waals surface area contributed by atoms with E-state index in [2.05, 4.69) is 35.3 Å². The number of piperidine rings is 3. The number of anilines is 1. The van der Waals surface area contributed by atoms with Crippen LogP contribution in [0.2, 0.25) is 0 Å². The van der Waals surface area contributed by atoms with Gasteiger partial charge in [-0.3, -0.25) is 0 Å². The lowest BCUT2D eigenvalue weighted by Crippen LogP contribution is -2.53. The Morgan fingerprint density at radius 1 is 1.28 bits per heavy atom. The molecule has 3 fully saturated rings. The van der Waals surface area contributed by atoms with E-state index in [9.17, 15) is 0 Å². The molecule has 3 aliphatic rings. The molecule has 1 N–H and O–H groups in total. The molecule has 1 atom stereocenters. The first-order valence-electron chi connectivity index (χ1n) is 6.90. The molecule has 3 aliphatic heterocycles. The molecule has 0 aromatic heterocycles. The van der Waals surface area contributed by atoms with Crippen molar-refractivity contribution in [2.24, 2.45) is 5.92 Å². The second-order valence-corrected chi connectivity index (χ2v) is 5.57. The smallest absolute Gasteiger partial charge is 0.121 e. The van der Waals surface area contributed by atoms with Crippen LogP contribution in [-0.4, -0.2) is 37.7 Å². The fourth-order valence-electron chi connectivity index (χ4n) is 3.31. The fraction of sp³-hybridized carbons (Fsp3) is 0.600. The van der Waals surface area contributed by atoms with Crippen LogP contribution >= 0.6 is 0 Å². The van der Waals surface area contributed by atoms with Crippen LogP contribution in [0.4, 0.5) is 5.69 Å². The summed E-state index contributed by atoms with van der Waals surface area (Å²) in [5, 5.41) is 3.71. The van der Waals surface area contributed by atoms with E-state index in [0.717, 1.165) is 11.7 Å². The van der Waals surface area contributed by atoms with Gasteiger partial charge in [0, 0.05) is 18.3 Å². The van der Waals surface area contributed by atoms with E-state index < -0.39 is 0 Å². The Bertz CT molecular complexity index is 425. The van der Waals surface area contributed by atoms with Gasteiger partial charge in [-0.25, -0.2) is 0 Å². The number of aryl methyl sites for hydroxylation is 1. The lowest BCUT2D eigenvalue weighted by molar-refractivity contribution is 0.0975. The molecule has 4 rings (SSSR count). The van der Waals surface area contributed by atoms with E-state index in [-0.39, 0.29) is 0 Å². The van der Waals surface area contributed by atoms with E-state index in [0.29, 0.717) is 6.04 Å². The molecule has 2 bridgehead atoms. The Morgan fingerprint density at radius 3 is 2.61 bits per heavy atom. The second kappa shape index (κ2) is 4.81. The van der Waals surface area contributed by atoms with Crippen LogP contribution in [0.25, 0.3) is 0 Å². The van der Waals surface area contributed by atoms with Crippen molar-refractivity contribution in [3.8, 4) is 5.75 Å². The first kappa shape index (κ1) is 11.8. The van der Waals surface area contributed by atoms with Crippen LogP contribution in [0.15, 0.2) is 18.2 Å². The van der Waals surface area contributed by atoms with Crippen LogP contribution in [-0.2, 0) is 0 Å². The lowest BCUT2D eigenvalue weighted by atomic mass is 9.84. The van der Waals surface area contributed by atoms with Crippen LogP contribution in [0.3, 0.4) is 0 Å². The number of ether oxygens (including phenoxy) is 1. The number of nitrogens with one attached hydrogen (secondary N) is 1. The predicted molar refractivity (Wildman–Crippen MR) is 74.3 cm³/mol. The Hall–Kier alpha value is -1.22. The molecule has 98 valence electrons. The highest BCUT2D eigenvalue weighted by molar-refractivity contribution is 5.51. The Balaban J connectivity index is 1.71. The number of nitrogens with zero attached hydrogens (tertiary/aromatic N) is 1. The minimum absolute atomic E-state index is 0.625. The molecule has 3 heteroatoms. The monoisotopic (exact) mass is 246 g/mol. The third kappa shape index (κ3) is 2.19. The van der Waals surface area contributed by atoms with Gasteiger partial charge in [0.2, 0.25) is 0 Å². The third-order valence-electron chi connectivity index (χ3n) is 4.40. The largest absolute Gasteiger partial charge is 0.496 e. The SMILES string of the molecule is COc1ccc(NC2CN3CCC2CC3)cc1C. The molecule has 3 heterocycles. The molecule has 1 aromatic rings. The van der Waals surface area contributed by atoms with Crippen molar-refractivity contribution < 1.29 is 4.74 Å². The number of rotatable bonds is 3. The van der Waals surface area contributed by atoms with E-state index in [4.69, 9.17) is 4.74 Å². The summed E-state index contributed by atoms with van der Waals surface area (Å²) < 4.78 is 5.30. The summed E-state index contributed by atoms with van der Waals surface area (Å²) in [6, 6.07) is 7.00. The summed E-state index contributed by atoms with van der Waals surface area (Å²) in [6.45, 7) is 5.89. The standard InChI is InChI=1S/C15H22N2O/c1-11-9-13(3-4-15(11)18-2)16-14-10-17-7-5-12(14)6-8-17/h3-4,9,12,14,16H,5-8,10H2,1-2H3. The van der Waals surface area contributed by atoms with Crippen molar-refractivity contribution in [2.45, 2.75) is 25.8 Å². The van der Waals surface area contributed by atoms with Gasteiger partial charge < -0.3 is 15.0 Å². The molecule has 18 heavy (non-hydrogen) atoms. The van der Waals surface area contributed by atoms with Gasteiger partial charge >= 0.3 is 0 Å². The number of fused-ring (bicyclic) bond motifs is 3. The molecule has 0 saturated carbocycles. The van der Waals surface area contributed by atoms with Crippen molar-refractivity contribution in [2.75, 3.05) is 32.1 Å². The van der Waals surface area contributed by atoms with Gasteiger partial charge in [-0.1, -0.05) is 0 Å². The third-order valence-corrected chi connectivity index (χ3v) is 4.40. The molecule has 3 nitrogen and oxygen atoms in total. The number of methoxy groups -OCH3 is 1. The highest BCUT2D eigenvalue weighted by Gasteiger charge is 2.33. The lowest BCUT2D eigenvalue weighted by Gasteiger charge is -2.45. The van der Waals surface area contributed by atoms with Crippen molar-refractivity contribution in [1.82, 2.24) is 4.90 Å². The van der Waals surface area contributed by atoms with E-state index in [1.807, 2.05) is 0 Å². The average Bonchev–Trinajstić information content (AvgIpc) is 2.40. The molecule has 0 amide bonds. The zero-order valence-corrected chi connectivity index (χ0v) is 11.3. The zero-order valence-electron chi connectivity index (χ0n) is 11.3. The summed E-state index contributed by atoms with van der Waals surface area (Å²) in [4.78, 5) is 2.58. The fourth-order valence-corrected chi connectivity index (χ4v) is 3.31.